The molecule has 0 radical (unpaired) electrons. The van der Waals surface area contributed by atoms with E-state index >= 15 is 0 Å². The van der Waals surface area contributed by atoms with Crippen LogP contribution in [0, 0.1) is 15.5 Å². The molecule has 96 valence electrons. The number of hydrogen-bond donors (Lipinski definition) is 1. The fraction of sp³-hybridized carbons (Fsp3) is 0.417. The molecule has 1 aromatic carbocycles. The monoisotopic (exact) mass is 313 g/mol. The molecule has 5 nitrogen and oxygen atoms in total. The van der Waals surface area contributed by atoms with Crippen molar-refractivity contribution in [3.05, 3.63) is 38.3 Å². The Morgan fingerprint density at radius 2 is 2.17 bits per heavy atom. The molecule has 0 unspecified atom stereocenters. The fourth-order valence-corrected chi connectivity index (χ4v) is 2.73. The van der Waals surface area contributed by atoms with Crippen molar-refractivity contribution in [2.24, 2.45) is 5.41 Å². The summed E-state index contributed by atoms with van der Waals surface area (Å²) >= 11 is 3.27. The third kappa shape index (κ3) is 2.25. The lowest BCUT2D eigenvalue weighted by molar-refractivity contribution is -0.384. The average molecular weight is 314 g/mol. The van der Waals surface area contributed by atoms with E-state index in [1.165, 1.54) is 12.1 Å². The number of carbonyl (C=O) groups is 1. The van der Waals surface area contributed by atoms with Crippen molar-refractivity contribution in [1.29, 1.82) is 0 Å². The number of carboxylic acid groups (broad SMARTS) is 1. The average Bonchev–Trinajstić information content (AvgIpc) is 2.24. The number of carboxylic acids is 1. The molecule has 1 aromatic rings. The summed E-state index contributed by atoms with van der Waals surface area (Å²) in [5.41, 5.74) is 0.130. The lowest BCUT2D eigenvalue weighted by Crippen LogP contribution is -2.39. The zero-order valence-corrected chi connectivity index (χ0v) is 11.1. The molecule has 0 atom stereocenters. The van der Waals surface area contributed by atoms with Gasteiger partial charge in [0.15, 0.2) is 0 Å². The van der Waals surface area contributed by atoms with E-state index in [0.29, 0.717) is 23.7 Å². The van der Waals surface area contributed by atoms with Gasteiger partial charge in [-0.1, -0.05) is 28.4 Å². The SMILES string of the molecule is O=C(O)C1(Cc2ccc([N+](=O)[O-])cc2Br)CCC1. The third-order valence-corrected chi connectivity index (χ3v) is 4.28. The van der Waals surface area contributed by atoms with E-state index in [2.05, 4.69) is 15.9 Å². The molecule has 1 saturated carbocycles. The molecule has 1 N–H and O–H groups in total. The Kier molecular flexibility index (Phi) is 3.38. The van der Waals surface area contributed by atoms with Gasteiger partial charge in [0.1, 0.15) is 0 Å². The molecular weight excluding hydrogens is 302 g/mol. The van der Waals surface area contributed by atoms with Gasteiger partial charge in [0, 0.05) is 16.6 Å². The van der Waals surface area contributed by atoms with E-state index in [1.807, 2.05) is 0 Å². The molecule has 0 spiro atoms. The zero-order valence-electron chi connectivity index (χ0n) is 9.56. The summed E-state index contributed by atoms with van der Waals surface area (Å²) in [6.45, 7) is 0. The Labute approximate surface area is 112 Å². The molecule has 1 aliphatic rings. The Balaban J connectivity index is 2.24. The number of nitrogens with zero attached hydrogens (tertiary/aromatic N) is 1. The molecular formula is C12H12BrNO4. The van der Waals surface area contributed by atoms with Crippen LogP contribution < -0.4 is 0 Å². The minimum atomic E-state index is -0.779. The molecule has 0 heterocycles. The number of halogens is 1. The summed E-state index contributed by atoms with van der Waals surface area (Å²) in [4.78, 5) is 21.4. The highest BCUT2D eigenvalue weighted by Gasteiger charge is 2.44. The molecule has 6 heteroatoms. The molecule has 0 aromatic heterocycles. The smallest absolute Gasteiger partial charge is 0.309 e. The number of nitro benzene ring substituents is 1. The molecule has 1 aliphatic carbocycles. The largest absolute Gasteiger partial charge is 0.481 e. The Morgan fingerprint density at radius 1 is 1.50 bits per heavy atom. The van der Waals surface area contributed by atoms with Crippen LogP contribution in [0.4, 0.5) is 5.69 Å². The minimum absolute atomic E-state index is 0.00334. The predicted octanol–water partition coefficient (Wildman–Crippen LogP) is 3.15. The first-order valence-electron chi connectivity index (χ1n) is 5.61. The van der Waals surface area contributed by atoms with Crippen LogP contribution in [0.15, 0.2) is 22.7 Å². The van der Waals surface area contributed by atoms with Gasteiger partial charge >= 0.3 is 5.97 Å². The van der Waals surface area contributed by atoms with Crippen LogP contribution >= 0.6 is 15.9 Å². The van der Waals surface area contributed by atoms with Crippen LogP contribution in [0.25, 0.3) is 0 Å². The van der Waals surface area contributed by atoms with E-state index < -0.39 is 16.3 Å². The molecule has 0 bridgehead atoms. The Morgan fingerprint density at radius 3 is 2.56 bits per heavy atom. The van der Waals surface area contributed by atoms with Crippen LogP contribution in [0.2, 0.25) is 0 Å². The van der Waals surface area contributed by atoms with Crippen LogP contribution in [-0.2, 0) is 11.2 Å². The molecule has 0 aliphatic heterocycles. The summed E-state index contributed by atoms with van der Waals surface area (Å²) in [6, 6.07) is 4.46. The van der Waals surface area contributed by atoms with Gasteiger partial charge in [-0.15, -0.1) is 0 Å². The molecule has 0 saturated heterocycles. The van der Waals surface area contributed by atoms with E-state index in [0.717, 1.165) is 12.0 Å². The summed E-state index contributed by atoms with van der Waals surface area (Å²) in [6.07, 6.45) is 2.69. The maximum Gasteiger partial charge on any atom is 0.309 e. The molecule has 2 rings (SSSR count). The van der Waals surface area contributed by atoms with E-state index in [4.69, 9.17) is 0 Å². The normalized spacial score (nSPS) is 16.9. The van der Waals surface area contributed by atoms with Crippen molar-refractivity contribution < 1.29 is 14.8 Å². The van der Waals surface area contributed by atoms with Crippen molar-refractivity contribution in [3.63, 3.8) is 0 Å². The molecule has 0 amide bonds. The van der Waals surface area contributed by atoms with Crippen molar-refractivity contribution in [3.8, 4) is 0 Å². The maximum atomic E-state index is 11.3. The lowest BCUT2D eigenvalue weighted by Gasteiger charge is -2.37. The predicted molar refractivity (Wildman–Crippen MR) is 68.4 cm³/mol. The first kappa shape index (κ1) is 13.0. The minimum Gasteiger partial charge on any atom is -0.481 e. The first-order chi connectivity index (χ1) is 8.44. The highest BCUT2D eigenvalue weighted by atomic mass is 79.9. The molecule has 18 heavy (non-hydrogen) atoms. The Hall–Kier alpha value is -1.43. The van der Waals surface area contributed by atoms with Gasteiger partial charge in [0.05, 0.1) is 10.3 Å². The second kappa shape index (κ2) is 4.68. The number of hydrogen-bond acceptors (Lipinski definition) is 3. The number of nitro groups is 1. The quantitative estimate of drug-likeness (QED) is 0.684. The van der Waals surface area contributed by atoms with Crippen molar-refractivity contribution >= 4 is 27.6 Å². The number of non-ortho nitro benzene ring substituents is 1. The van der Waals surface area contributed by atoms with Crippen LogP contribution in [0.1, 0.15) is 24.8 Å². The summed E-state index contributed by atoms with van der Waals surface area (Å²) < 4.78 is 0.601. The first-order valence-corrected chi connectivity index (χ1v) is 6.40. The number of aliphatic carboxylic acids is 1. The van der Waals surface area contributed by atoms with E-state index in [9.17, 15) is 20.0 Å². The standard InChI is InChI=1S/C12H12BrNO4/c13-10-6-9(14(17)18)3-2-8(10)7-12(11(15)16)4-1-5-12/h2-3,6H,1,4-5,7H2,(H,15,16). The summed E-state index contributed by atoms with van der Waals surface area (Å²) in [5.74, 6) is -0.779. The van der Waals surface area contributed by atoms with Gasteiger partial charge in [0.2, 0.25) is 0 Å². The maximum absolute atomic E-state index is 11.3. The lowest BCUT2D eigenvalue weighted by atomic mass is 9.65. The second-order valence-corrected chi connectivity index (χ2v) is 5.50. The Bertz CT molecular complexity index is 511. The van der Waals surface area contributed by atoms with Gasteiger partial charge < -0.3 is 5.11 Å². The van der Waals surface area contributed by atoms with Crippen LogP contribution in [0.5, 0.6) is 0 Å². The highest BCUT2D eigenvalue weighted by molar-refractivity contribution is 9.10. The fourth-order valence-electron chi connectivity index (χ4n) is 2.23. The van der Waals surface area contributed by atoms with Crippen LogP contribution in [0.3, 0.4) is 0 Å². The summed E-state index contributed by atoms with van der Waals surface area (Å²) in [5, 5.41) is 19.9. The number of rotatable bonds is 4. The van der Waals surface area contributed by atoms with Crippen molar-refractivity contribution in [2.75, 3.05) is 0 Å². The number of benzene rings is 1. The highest BCUT2D eigenvalue weighted by Crippen LogP contribution is 2.45. The van der Waals surface area contributed by atoms with Gasteiger partial charge in [0.25, 0.3) is 5.69 Å². The van der Waals surface area contributed by atoms with Gasteiger partial charge in [-0.3, -0.25) is 14.9 Å². The topological polar surface area (TPSA) is 80.4 Å². The molecule has 1 fully saturated rings. The van der Waals surface area contributed by atoms with E-state index in [-0.39, 0.29) is 5.69 Å². The van der Waals surface area contributed by atoms with Gasteiger partial charge in [-0.05, 0) is 24.8 Å². The third-order valence-electron chi connectivity index (χ3n) is 3.54. The van der Waals surface area contributed by atoms with Gasteiger partial charge in [-0.25, -0.2) is 0 Å². The summed E-state index contributed by atoms with van der Waals surface area (Å²) in [7, 11) is 0. The van der Waals surface area contributed by atoms with E-state index in [1.54, 1.807) is 6.07 Å². The second-order valence-electron chi connectivity index (χ2n) is 4.65. The van der Waals surface area contributed by atoms with Crippen molar-refractivity contribution in [1.82, 2.24) is 0 Å². The van der Waals surface area contributed by atoms with Crippen LogP contribution in [-0.4, -0.2) is 16.0 Å². The van der Waals surface area contributed by atoms with Gasteiger partial charge in [-0.2, -0.15) is 0 Å². The zero-order chi connectivity index (χ0) is 13.3. The van der Waals surface area contributed by atoms with Crippen molar-refractivity contribution in [2.45, 2.75) is 25.7 Å².